The smallest absolute Gasteiger partial charge is 0.243 e. The number of benzene rings is 2. The molecule has 0 radical (unpaired) electrons. The van der Waals surface area contributed by atoms with Crippen molar-refractivity contribution in [1.29, 1.82) is 0 Å². The van der Waals surface area contributed by atoms with E-state index in [4.69, 9.17) is 0 Å². The van der Waals surface area contributed by atoms with Crippen LogP contribution >= 0.6 is 0 Å². The van der Waals surface area contributed by atoms with E-state index in [-0.39, 0.29) is 29.8 Å². The van der Waals surface area contributed by atoms with Crippen molar-refractivity contribution in [1.82, 2.24) is 4.31 Å². The molecule has 2 aromatic rings. The van der Waals surface area contributed by atoms with Crippen molar-refractivity contribution in [2.45, 2.75) is 31.6 Å². The summed E-state index contributed by atoms with van der Waals surface area (Å²) in [6.07, 6.45) is 0.911. The van der Waals surface area contributed by atoms with Crippen LogP contribution in [0.3, 0.4) is 0 Å². The zero-order valence-corrected chi connectivity index (χ0v) is 16.2. The van der Waals surface area contributed by atoms with E-state index in [1.807, 2.05) is 32.0 Å². The van der Waals surface area contributed by atoms with Crippen LogP contribution in [0.4, 0.5) is 10.1 Å². The fraction of sp³-hybridized carbons (Fsp3) is 0.350. The third kappa shape index (κ3) is 4.20. The predicted octanol–water partition coefficient (Wildman–Crippen LogP) is 3.48. The first-order chi connectivity index (χ1) is 12.8. The summed E-state index contributed by atoms with van der Waals surface area (Å²) in [7, 11) is -3.67. The number of sulfonamides is 1. The van der Waals surface area contributed by atoms with Crippen molar-refractivity contribution < 1.29 is 17.6 Å². The van der Waals surface area contributed by atoms with Crippen molar-refractivity contribution >= 4 is 21.6 Å². The van der Waals surface area contributed by atoms with Gasteiger partial charge in [-0.1, -0.05) is 18.2 Å². The van der Waals surface area contributed by atoms with Gasteiger partial charge in [0, 0.05) is 24.7 Å². The van der Waals surface area contributed by atoms with Crippen LogP contribution in [0.2, 0.25) is 0 Å². The molecule has 5 nitrogen and oxygen atoms in total. The lowest BCUT2D eigenvalue weighted by Gasteiger charge is -2.30. The number of carbonyl (C=O) groups is 1. The van der Waals surface area contributed by atoms with Crippen LogP contribution < -0.4 is 5.32 Å². The van der Waals surface area contributed by atoms with Crippen LogP contribution in [0.25, 0.3) is 0 Å². The third-order valence-corrected chi connectivity index (χ3v) is 6.92. The van der Waals surface area contributed by atoms with Crippen LogP contribution in [0, 0.1) is 25.6 Å². The summed E-state index contributed by atoms with van der Waals surface area (Å²) in [6.45, 7) is 4.43. The summed E-state index contributed by atoms with van der Waals surface area (Å²) in [5.74, 6) is -0.786. The largest absolute Gasteiger partial charge is 0.325 e. The van der Waals surface area contributed by atoms with Crippen molar-refractivity contribution in [2.75, 3.05) is 18.4 Å². The zero-order valence-electron chi connectivity index (χ0n) is 15.4. The first-order valence-corrected chi connectivity index (χ1v) is 10.4. The van der Waals surface area contributed by atoms with Gasteiger partial charge in [-0.25, -0.2) is 12.8 Å². The second kappa shape index (κ2) is 7.78. The summed E-state index contributed by atoms with van der Waals surface area (Å²) in [6, 6.07) is 10.6. The number of nitrogens with zero attached hydrogens (tertiary/aromatic N) is 1. The Morgan fingerprint density at radius 3 is 2.15 bits per heavy atom. The normalized spacial score (nSPS) is 16.3. The molecule has 1 heterocycles. The standard InChI is InChI=1S/C20H23FN2O3S/c1-14-4-3-5-15(2)19(14)22-20(24)16-10-12-23(13-11-16)27(25,26)18-8-6-17(21)7-9-18/h3-9,16H,10-13H2,1-2H3,(H,22,24). The van der Waals surface area contributed by atoms with Crippen molar-refractivity contribution in [3.8, 4) is 0 Å². The molecule has 0 atom stereocenters. The topological polar surface area (TPSA) is 66.5 Å². The van der Waals surface area contributed by atoms with Crippen LogP contribution in [0.5, 0.6) is 0 Å². The van der Waals surface area contributed by atoms with Gasteiger partial charge in [-0.3, -0.25) is 4.79 Å². The van der Waals surface area contributed by atoms with E-state index in [0.29, 0.717) is 12.8 Å². The lowest BCUT2D eigenvalue weighted by Crippen LogP contribution is -2.41. The average Bonchev–Trinajstić information content (AvgIpc) is 2.65. The molecule has 0 aliphatic carbocycles. The zero-order chi connectivity index (χ0) is 19.6. The number of piperidine rings is 1. The molecule has 3 rings (SSSR count). The molecule has 0 unspecified atom stereocenters. The molecular weight excluding hydrogens is 367 g/mol. The fourth-order valence-electron chi connectivity index (χ4n) is 3.35. The molecule has 1 N–H and O–H groups in total. The van der Waals surface area contributed by atoms with Gasteiger partial charge in [-0.15, -0.1) is 0 Å². The minimum absolute atomic E-state index is 0.0716. The summed E-state index contributed by atoms with van der Waals surface area (Å²) < 4.78 is 39.7. The number of anilines is 1. The maximum Gasteiger partial charge on any atom is 0.243 e. The van der Waals surface area contributed by atoms with E-state index in [0.717, 1.165) is 28.9 Å². The number of carbonyl (C=O) groups excluding carboxylic acids is 1. The molecule has 27 heavy (non-hydrogen) atoms. The van der Waals surface area contributed by atoms with E-state index in [2.05, 4.69) is 5.32 Å². The van der Waals surface area contributed by atoms with Gasteiger partial charge in [0.2, 0.25) is 15.9 Å². The van der Waals surface area contributed by atoms with Gasteiger partial charge >= 0.3 is 0 Å². The Bertz CT molecular complexity index is 914. The Morgan fingerprint density at radius 1 is 1.04 bits per heavy atom. The molecule has 1 aliphatic rings. The maximum atomic E-state index is 13.0. The Kier molecular flexibility index (Phi) is 5.62. The number of halogens is 1. The van der Waals surface area contributed by atoms with E-state index >= 15 is 0 Å². The number of amides is 1. The number of nitrogens with one attached hydrogen (secondary N) is 1. The average molecular weight is 390 g/mol. The van der Waals surface area contributed by atoms with Gasteiger partial charge in [-0.2, -0.15) is 4.31 Å². The highest BCUT2D eigenvalue weighted by Crippen LogP contribution is 2.26. The molecular formula is C20H23FN2O3S. The predicted molar refractivity (Wildman–Crippen MR) is 102 cm³/mol. The molecule has 7 heteroatoms. The second-order valence-electron chi connectivity index (χ2n) is 6.89. The van der Waals surface area contributed by atoms with E-state index in [1.165, 1.54) is 16.4 Å². The Balaban J connectivity index is 1.64. The number of para-hydroxylation sites is 1. The van der Waals surface area contributed by atoms with Crippen molar-refractivity contribution in [3.63, 3.8) is 0 Å². The molecule has 1 fully saturated rings. The van der Waals surface area contributed by atoms with Crippen LogP contribution in [-0.4, -0.2) is 31.7 Å². The van der Waals surface area contributed by atoms with Gasteiger partial charge < -0.3 is 5.32 Å². The lowest BCUT2D eigenvalue weighted by atomic mass is 9.96. The molecule has 0 saturated carbocycles. The van der Waals surface area contributed by atoms with E-state index in [1.54, 1.807) is 0 Å². The van der Waals surface area contributed by atoms with Crippen LogP contribution in [0.1, 0.15) is 24.0 Å². The highest BCUT2D eigenvalue weighted by molar-refractivity contribution is 7.89. The minimum Gasteiger partial charge on any atom is -0.325 e. The molecule has 1 saturated heterocycles. The molecule has 2 aromatic carbocycles. The monoisotopic (exact) mass is 390 g/mol. The van der Waals surface area contributed by atoms with Crippen LogP contribution in [-0.2, 0) is 14.8 Å². The van der Waals surface area contributed by atoms with Crippen LogP contribution in [0.15, 0.2) is 47.4 Å². The second-order valence-corrected chi connectivity index (χ2v) is 8.83. The number of aryl methyl sites for hydroxylation is 2. The van der Waals surface area contributed by atoms with Gasteiger partial charge in [0.15, 0.2) is 0 Å². The minimum atomic E-state index is -3.67. The summed E-state index contributed by atoms with van der Waals surface area (Å²) in [5.41, 5.74) is 2.82. The first kappa shape index (κ1) is 19.5. The molecule has 1 amide bonds. The molecule has 144 valence electrons. The first-order valence-electron chi connectivity index (χ1n) is 8.92. The summed E-state index contributed by atoms with van der Waals surface area (Å²) in [5, 5.41) is 2.99. The van der Waals surface area contributed by atoms with Gasteiger partial charge in [0.05, 0.1) is 4.90 Å². The van der Waals surface area contributed by atoms with Gasteiger partial charge in [0.25, 0.3) is 0 Å². The molecule has 0 aromatic heterocycles. The summed E-state index contributed by atoms with van der Waals surface area (Å²) >= 11 is 0. The Morgan fingerprint density at radius 2 is 1.59 bits per heavy atom. The molecule has 0 bridgehead atoms. The SMILES string of the molecule is Cc1cccc(C)c1NC(=O)C1CCN(S(=O)(=O)c2ccc(F)cc2)CC1. The number of rotatable bonds is 4. The Hall–Kier alpha value is -2.25. The number of hydrogen-bond acceptors (Lipinski definition) is 3. The summed E-state index contributed by atoms with van der Waals surface area (Å²) in [4.78, 5) is 12.7. The van der Waals surface area contributed by atoms with Crippen molar-refractivity contribution in [2.24, 2.45) is 5.92 Å². The van der Waals surface area contributed by atoms with Gasteiger partial charge in [0.1, 0.15) is 5.82 Å². The van der Waals surface area contributed by atoms with E-state index in [9.17, 15) is 17.6 Å². The van der Waals surface area contributed by atoms with Crippen molar-refractivity contribution in [3.05, 3.63) is 59.4 Å². The highest BCUT2D eigenvalue weighted by atomic mass is 32.2. The maximum absolute atomic E-state index is 13.0. The Labute approximate surface area is 159 Å². The van der Waals surface area contributed by atoms with Gasteiger partial charge in [-0.05, 0) is 62.1 Å². The molecule has 0 spiro atoms. The van der Waals surface area contributed by atoms with E-state index < -0.39 is 15.8 Å². The number of hydrogen-bond donors (Lipinski definition) is 1. The fourth-order valence-corrected chi connectivity index (χ4v) is 4.82. The third-order valence-electron chi connectivity index (χ3n) is 5.01. The lowest BCUT2D eigenvalue weighted by molar-refractivity contribution is -0.120. The highest BCUT2D eigenvalue weighted by Gasteiger charge is 2.32. The quantitative estimate of drug-likeness (QED) is 0.869. The molecule has 1 aliphatic heterocycles.